The summed E-state index contributed by atoms with van der Waals surface area (Å²) >= 11 is 0. The molecule has 4 rings (SSSR count). The summed E-state index contributed by atoms with van der Waals surface area (Å²) in [7, 11) is -1.54. The van der Waals surface area contributed by atoms with E-state index in [1.165, 1.54) is 10.6 Å². The lowest BCUT2D eigenvalue weighted by Crippen LogP contribution is -2.41. The summed E-state index contributed by atoms with van der Waals surface area (Å²) in [5, 5.41) is 13.1. The molecule has 1 saturated carbocycles. The minimum Gasteiger partial charge on any atom is -0.493 e. The maximum absolute atomic E-state index is 11.8. The number of anilines is 1. The molecule has 2 heterocycles. The normalized spacial score (nSPS) is 18.6. The molecule has 2 N–H and O–H groups in total. The number of carbonyl (C=O) groups is 1. The Morgan fingerprint density at radius 3 is 2.71 bits per heavy atom. The van der Waals surface area contributed by atoms with E-state index >= 15 is 0 Å². The van der Waals surface area contributed by atoms with Crippen molar-refractivity contribution in [3.8, 4) is 11.6 Å². The Hall–Kier alpha value is -3.18. The van der Waals surface area contributed by atoms with Gasteiger partial charge in [0.15, 0.2) is 0 Å². The van der Waals surface area contributed by atoms with Gasteiger partial charge in [-0.1, -0.05) is 6.07 Å². The first-order valence-electron chi connectivity index (χ1n) is 11.7. The summed E-state index contributed by atoms with van der Waals surface area (Å²) < 4.78 is 32.9. The number of aliphatic carboxylic acids is 1. The van der Waals surface area contributed by atoms with E-state index in [9.17, 15) is 13.2 Å². The number of nitrogens with zero attached hydrogens (tertiary/aromatic N) is 4. The third-order valence-electron chi connectivity index (χ3n) is 6.44. The van der Waals surface area contributed by atoms with E-state index < -0.39 is 16.0 Å². The van der Waals surface area contributed by atoms with Crippen molar-refractivity contribution in [1.29, 1.82) is 0 Å². The lowest BCUT2D eigenvalue weighted by Gasteiger charge is -2.33. The van der Waals surface area contributed by atoms with Crippen molar-refractivity contribution in [3.05, 3.63) is 42.7 Å². The van der Waals surface area contributed by atoms with Crippen LogP contribution in [-0.2, 0) is 14.8 Å². The molecule has 1 aromatic carbocycles. The Morgan fingerprint density at radius 2 is 2.00 bits per heavy atom. The summed E-state index contributed by atoms with van der Waals surface area (Å²) in [4.78, 5) is 19.8. The fourth-order valence-electron chi connectivity index (χ4n) is 4.46. The molecule has 1 fully saturated rings. The summed E-state index contributed by atoms with van der Waals surface area (Å²) in [6.45, 7) is 0.334. The average Bonchev–Trinajstić information content (AvgIpc) is 3.26. The fraction of sp³-hybridized carbons (Fsp3) is 0.458. The van der Waals surface area contributed by atoms with Crippen molar-refractivity contribution in [2.75, 3.05) is 25.2 Å². The Kier molecular flexibility index (Phi) is 7.56. The molecule has 1 aliphatic rings. The van der Waals surface area contributed by atoms with E-state index in [2.05, 4.69) is 10.3 Å². The van der Waals surface area contributed by atoms with Crippen molar-refractivity contribution in [1.82, 2.24) is 18.8 Å². The molecule has 11 heteroatoms. The van der Waals surface area contributed by atoms with Gasteiger partial charge >= 0.3 is 5.97 Å². The second-order valence-corrected chi connectivity index (χ2v) is 10.9. The lowest BCUT2D eigenvalue weighted by molar-refractivity contribution is -0.137. The van der Waals surface area contributed by atoms with Crippen LogP contribution in [0.2, 0.25) is 0 Å². The van der Waals surface area contributed by atoms with Gasteiger partial charge in [-0.15, -0.1) is 0 Å². The first kappa shape index (κ1) is 24.9. The molecule has 188 valence electrons. The van der Waals surface area contributed by atoms with Gasteiger partial charge in [-0.05, 0) is 56.4 Å². The molecule has 1 aliphatic carbocycles. The Balaban J connectivity index is 1.43. The predicted molar refractivity (Wildman–Crippen MR) is 134 cm³/mol. The van der Waals surface area contributed by atoms with Gasteiger partial charge in [-0.25, -0.2) is 17.7 Å². The zero-order valence-corrected chi connectivity index (χ0v) is 20.7. The third kappa shape index (κ3) is 6.09. The maximum atomic E-state index is 11.8. The standard InChI is InChI=1S/C24H31N5O5S/c1-28(35(2,32)33)18-10-8-17(9-11-18)26-24-25-14-12-22(27-24)29-15-13-19-20(29)5-3-6-21(19)34-16-4-7-23(30)31/h3,5-6,12-15,17-18H,4,7-11,16H2,1-2H3,(H,30,31)(H,25,26,27). The van der Waals surface area contributed by atoms with Gasteiger partial charge in [-0.2, -0.15) is 4.98 Å². The predicted octanol–water partition coefficient (Wildman–Crippen LogP) is 3.28. The van der Waals surface area contributed by atoms with Crippen LogP contribution in [0.1, 0.15) is 38.5 Å². The van der Waals surface area contributed by atoms with Crippen LogP contribution in [0.3, 0.4) is 0 Å². The van der Waals surface area contributed by atoms with E-state index in [0.29, 0.717) is 30.5 Å². The number of carboxylic acid groups (broad SMARTS) is 1. The van der Waals surface area contributed by atoms with Crippen LogP contribution in [0.5, 0.6) is 5.75 Å². The average molecular weight is 502 g/mol. The molecule has 0 aliphatic heterocycles. The highest BCUT2D eigenvalue weighted by Gasteiger charge is 2.28. The molecule has 0 atom stereocenters. The molecule has 35 heavy (non-hydrogen) atoms. The van der Waals surface area contributed by atoms with Gasteiger partial charge in [0.05, 0.1) is 18.4 Å². The smallest absolute Gasteiger partial charge is 0.303 e. The topological polar surface area (TPSA) is 127 Å². The number of fused-ring (bicyclic) bond motifs is 1. The van der Waals surface area contributed by atoms with Crippen LogP contribution < -0.4 is 10.1 Å². The van der Waals surface area contributed by atoms with Crippen LogP contribution in [-0.4, -0.2) is 70.3 Å². The Morgan fingerprint density at radius 1 is 1.23 bits per heavy atom. The van der Waals surface area contributed by atoms with Crippen LogP contribution in [0, 0.1) is 0 Å². The zero-order chi connectivity index (χ0) is 25.0. The quantitative estimate of drug-likeness (QED) is 0.405. The molecular weight excluding hydrogens is 470 g/mol. The van der Waals surface area contributed by atoms with Crippen molar-refractivity contribution in [3.63, 3.8) is 0 Å². The number of benzene rings is 1. The third-order valence-corrected chi connectivity index (χ3v) is 7.78. The van der Waals surface area contributed by atoms with Gasteiger partial charge in [0, 0.05) is 43.3 Å². The highest BCUT2D eigenvalue weighted by molar-refractivity contribution is 7.88. The molecule has 3 aromatic rings. The molecule has 0 radical (unpaired) electrons. The van der Waals surface area contributed by atoms with Gasteiger partial charge in [0.1, 0.15) is 11.6 Å². The Labute approximate surface area is 205 Å². The summed E-state index contributed by atoms with van der Waals surface area (Å²) in [5.41, 5.74) is 0.926. The highest BCUT2D eigenvalue weighted by Crippen LogP contribution is 2.29. The minimum atomic E-state index is -3.19. The monoisotopic (exact) mass is 501 g/mol. The van der Waals surface area contributed by atoms with Crippen molar-refractivity contribution in [2.45, 2.75) is 50.6 Å². The molecule has 0 bridgehead atoms. The number of aromatic nitrogens is 3. The van der Waals surface area contributed by atoms with E-state index in [0.717, 1.165) is 36.6 Å². The second kappa shape index (κ2) is 10.6. The number of sulfonamides is 1. The highest BCUT2D eigenvalue weighted by atomic mass is 32.2. The van der Waals surface area contributed by atoms with E-state index in [4.69, 9.17) is 14.8 Å². The van der Waals surface area contributed by atoms with Crippen LogP contribution >= 0.6 is 0 Å². The number of hydrogen-bond donors (Lipinski definition) is 2. The summed E-state index contributed by atoms with van der Waals surface area (Å²) in [6, 6.07) is 9.76. The largest absolute Gasteiger partial charge is 0.493 e. The number of hydrogen-bond acceptors (Lipinski definition) is 7. The summed E-state index contributed by atoms with van der Waals surface area (Å²) in [6.07, 6.45) is 8.66. The number of ether oxygens (including phenoxy) is 1. The van der Waals surface area contributed by atoms with Gasteiger partial charge in [0.25, 0.3) is 0 Å². The number of carboxylic acids is 1. The maximum Gasteiger partial charge on any atom is 0.303 e. The van der Waals surface area contributed by atoms with Gasteiger partial charge < -0.3 is 19.7 Å². The minimum absolute atomic E-state index is 0.0297. The van der Waals surface area contributed by atoms with Crippen LogP contribution in [0.25, 0.3) is 16.7 Å². The van der Waals surface area contributed by atoms with Gasteiger partial charge in [-0.3, -0.25) is 4.79 Å². The number of nitrogens with one attached hydrogen (secondary N) is 1. The molecule has 0 saturated heterocycles. The van der Waals surface area contributed by atoms with Gasteiger partial charge in [0.2, 0.25) is 16.0 Å². The van der Waals surface area contributed by atoms with E-state index in [-0.39, 0.29) is 18.5 Å². The number of rotatable bonds is 10. The Bertz CT molecular complexity index is 1280. The van der Waals surface area contributed by atoms with Crippen LogP contribution in [0.15, 0.2) is 42.7 Å². The lowest BCUT2D eigenvalue weighted by atomic mass is 9.91. The molecule has 10 nitrogen and oxygen atoms in total. The second-order valence-electron chi connectivity index (χ2n) is 8.89. The summed E-state index contributed by atoms with van der Waals surface area (Å²) in [5.74, 6) is 1.12. The molecule has 0 amide bonds. The molecule has 0 spiro atoms. The van der Waals surface area contributed by atoms with E-state index in [1.807, 2.05) is 41.1 Å². The van der Waals surface area contributed by atoms with E-state index in [1.54, 1.807) is 13.2 Å². The first-order valence-corrected chi connectivity index (χ1v) is 13.5. The fourth-order valence-corrected chi connectivity index (χ4v) is 5.21. The molecule has 0 unspecified atom stereocenters. The van der Waals surface area contributed by atoms with Crippen molar-refractivity contribution in [2.24, 2.45) is 0 Å². The van der Waals surface area contributed by atoms with Crippen molar-refractivity contribution >= 4 is 32.8 Å². The zero-order valence-electron chi connectivity index (χ0n) is 19.9. The molecular formula is C24H31N5O5S. The SMILES string of the molecule is CN(C1CCC(Nc2nccc(-n3ccc4c(OCCCC(=O)O)cccc43)n2)CC1)S(C)(=O)=O. The molecule has 2 aromatic heterocycles. The van der Waals surface area contributed by atoms with Crippen LogP contribution in [0.4, 0.5) is 5.95 Å². The van der Waals surface area contributed by atoms with Crippen molar-refractivity contribution < 1.29 is 23.1 Å². The first-order chi connectivity index (χ1) is 16.7.